The van der Waals surface area contributed by atoms with Gasteiger partial charge in [0.1, 0.15) is 0 Å². The van der Waals surface area contributed by atoms with Crippen LogP contribution in [0.3, 0.4) is 0 Å². The number of aliphatic hydroxyl groups excluding tert-OH is 1. The summed E-state index contributed by atoms with van der Waals surface area (Å²) in [6.07, 6.45) is 1.03. The molecule has 0 aliphatic carbocycles. The number of aliphatic hydroxyl groups is 1. The third-order valence-electron chi connectivity index (χ3n) is 3.58. The van der Waals surface area contributed by atoms with E-state index in [1.165, 1.54) is 0 Å². The number of nitrogens with zero attached hydrogens (tertiary/aromatic N) is 2. The summed E-state index contributed by atoms with van der Waals surface area (Å²) in [4.78, 5) is 2.20. The molecule has 1 heterocycles. The minimum atomic E-state index is 0.127. The molecular weight excluding hydrogens is 308 g/mol. The van der Waals surface area contributed by atoms with E-state index in [4.69, 9.17) is 10.00 Å². The monoisotopic (exact) mass is 324 g/mol. The van der Waals surface area contributed by atoms with Gasteiger partial charge in [-0.2, -0.15) is 5.26 Å². The Kier molecular flexibility index (Phi) is 4.94. The van der Waals surface area contributed by atoms with Crippen molar-refractivity contribution in [2.24, 2.45) is 0 Å². The number of rotatable bonds is 4. The van der Waals surface area contributed by atoms with Crippen molar-refractivity contribution in [3.8, 4) is 6.07 Å². The first-order valence-corrected chi connectivity index (χ1v) is 7.03. The molecule has 0 radical (unpaired) electrons. The molecule has 1 N–H and O–H groups in total. The molecule has 102 valence electrons. The topological polar surface area (TPSA) is 56.5 Å². The van der Waals surface area contributed by atoms with Crippen LogP contribution in [0.2, 0.25) is 0 Å². The highest BCUT2D eigenvalue weighted by molar-refractivity contribution is 9.10. The van der Waals surface area contributed by atoms with E-state index >= 15 is 0 Å². The Balaban J connectivity index is 2.14. The van der Waals surface area contributed by atoms with Gasteiger partial charge in [0.25, 0.3) is 0 Å². The first-order chi connectivity index (χ1) is 9.17. The van der Waals surface area contributed by atoms with Crippen LogP contribution in [-0.2, 0) is 11.3 Å². The van der Waals surface area contributed by atoms with Crippen molar-refractivity contribution in [2.45, 2.75) is 25.1 Å². The van der Waals surface area contributed by atoms with Crippen LogP contribution in [-0.4, -0.2) is 42.4 Å². The third-order valence-corrected chi connectivity index (χ3v) is 4.36. The van der Waals surface area contributed by atoms with E-state index in [0.29, 0.717) is 12.1 Å². The molecular formula is C14H17BrN2O2. The summed E-state index contributed by atoms with van der Waals surface area (Å²) in [5.41, 5.74) is 1.72. The van der Waals surface area contributed by atoms with E-state index in [2.05, 4.69) is 26.9 Å². The fraction of sp³-hybridized carbons (Fsp3) is 0.500. The number of benzene rings is 1. The molecule has 19 heavy (non-hydrogen) atoms. The van der Waals surface area contributed by atoms with Crippen LogP contribution < -0.4 is 0 Å². The van der Waals surface area contributed by atoms with Crippen LogP contribution >= 0.6 is 15.9 Å². The molecule has 1 aliphatic heterocycles. The van der Waals surface area contributed by atoms with E-state index < -0.39 is 0 Å². The smallest absolute Gasteiger partial charge is 0.0991 e. The molecule has 1 aliphatic rings. The standard InChI is InChI=1S/C14H17BrN2O2/c1-19-13-5-12(9-18)17(8-13)7-11-4-10(6-16)2-3-14(11)15/h2-4,12-13,18H,5,7-9H2,1H3/t12-,13-/m0/s1. The Hall–Kier alpha value is -0.930. The molecule has 0 aromatic heterocycles. The van der Waals surface area contributed by atoms with Gasteiger partial charge in [0.05, 0.1) is 24.3 Å². The lowest BCUT2D eigenvalue weighted by Crippen LogP contribution is -2.32. The first-order valence-electron chi connectivity index (χ1n) is 6.24. The summed E-state index contributed by atoms with van der Waals surface area (Å²) in [7, 11) is 1.70. The van der Waals surface area contributed by atoms with Crippen molar-refractivity contribution < 1.29 is 9.84 Å². The van der Waals surface area contributed by atoms with Gasteiger partial charge in [-0.25, -0.2) is 0 Å². The molecule has 1 aromatic carbocycles. The predicted molar refractivity (Wildman–Crippen MR) is 75.6 cm³/mol. The van der Waals surface area contributed by atoms with Gasteiger partial charge < -0.3 is 9.84 Å². The van der Waals surface area contributed by atoms with Crippen LogP contribution in [0.25, 0.3) is 0 Å². The summed E-state index contributed by atoms with van der Waals surface area (Å²) < 4.78 is 6.36. The number of likely N-dealkylation sites (tertiary alicyclic amines) is 1. The average molecular weight is 325 g/mol. The van der Waals surface area contributed by atoms with Crippen molar-refractivity contribution >= 4 is 15.9 Å². The van der Waals surface area contributed by atoms with Crippen LogP contribution in [0.4, 0.5) is 0 Å². The molecule has 4 nitrogen and oxygen atoms in total. The second-order valence-electron chi connectivity index (χ2n) is 4.78. The molecule has 2 rings (SSSR count). The Bertz CT molecular complexity index is 487. The summed E-state index contributed by atoms with van der Waals surface area (Å²) in [6.45, 7) is 1.65. The molecule has 2 atom stereocenters. The number of ether oxygens (including phenoxy) is 1. The molecule has 1 fully saturated rings. The van der Waals surface area contributed by atoms with Crippen LogP contribution in [0, 0.1) is 11.3 Å². The van der Waals surface area contributed by atoms with E-state index in [-0.39, 0.29) is 18.8 Å². The molecule has 0 unspecified atom stereocenters. The summed E-state index contributed by atoms with van der Waals surface area (Å²) in [5, 5.41) is 18.4. The zero-order valence-corrected chi connectivity index (χ0v) is 12.4. The minimum absolute atomic E-state index is 0.127. The quantitative estimate of drug-likeness (QED) is 0.919. The van der Waals surface area contributed by atoms with Crippen LogP contribution in [0.5, 0.6) is 0 Å². The molecule has 0 spiro atoms. The lowest BCUT2D eigenvalue weighted by atomic mass is 10.1. The van der Waals surface area contributed by atoms with Gasteiger partial charge in [-0.15, -0.1) is 0 Å². The lowest BCUT2D eigenvalue weighted by molar-refractivity contribution is 0.107. The Morgan fingerprint density at radius 2 is 2.37 bits per heavy atom. The number of methoxy groups -OCH3 is 1. The second-order valence-corrected chi connectivity index (χ2v) is 5.63. The Labute approximate surface area is 121 Å². The third kappa shape index (κ3) is 3.34. The van der Waals surface area contributed by atoms with Gasteiger partial charge in [0.15, 0.2) is 0 Å². The van der Waals surface area contributed by atoms with Crippen molar-refractivity contribution in [3.63, 3.8) is 0 Å². The van der Waals surface area contributed by atoms with Gasteiger partial charge in [-0.1, -0.05) is 15.9 Å². The molecule has 1 aromatic rings. The molecule has 1 saturated heterocycles. The van der Waals surface area contributed by atoms with E-state index in [0.717, 1.165) is 23.0 Å². The highest BCUT2D eigenvalue weighted by Crippen LogP contribution is 2.25. The van der Waals surface area contributed by atoms with Gasteiger partial charge in [0, 0.05) is 30.7 Å². The molecule has 0 amide bonds. The van der Waals surface area contributed by atoms with Gasteiger partial charge in [-0.3, -0.25) is 4.90 Å². The van der Waals surface area contributed by atoms with Gasteiger partial charge in [-0.05, 0) is 30.2 Å². The zero-order chi connectivity index (χ0) is 13.8. The Morgan fingerprint density at radius 1 is 1.58 bits per heavy atom. The van der Waals surface area contributed by atoms with Crippen LogP contribution in [0.1, 0.15) is 17.5 Å². The summed E-state index contributed by atoms with van der Waals surface area (Å²) in [5.74, 6) is 0. The molecule has 0 saturated carbocycles. The predicted octanol–water partition coefficient (Wildman–Crippen LogP) is 1.90. The lowest BCUT2D eigenvalue weighted by Gasteiger charge is -2.23. The second kappa shape index (κ2) is 6.49. The van der Waals surface area contributed by atoms with E-state index in [9.17, 15) is 5.11 Å². The minimum Gasteiger partial charge on any atom is -0.395 e. The van der Waals surface area contributed by atoms with E-state index in [1.54, 1.807) is 13.2 Å². The highest BCUT2D eigenvalue weighted by atomic mass is 79.9. The van der Waals surface area contributed by atoms with Crippen molar-refractivity contribution in [1.29, 1.82) is 5.26 Å². The number of halogens is 1. The highest BCUT2D eigenvalue weighted by Gasteiger charge is 2.31. The normalized spacial score (nSPS) is 23.5. The number of hydrogen-bond acceptors (Lipinski definition) is 4. The van der Waals surface area contributed by atoms with Gasteiger partial charge >= 0.3 is 0 Å². The van der Waals surface area contributed by atoms with Gasteiger partial charge in [0.2, 0.25) is 0 Å². The number of nitriles is 1. The van der Waals surface area contributed by atoms with Crippen LogP contribution in [0.15, 0.2) is 22.7 Å². The largest absolute Gasteiger partial charge is 0.395 e. The van der Waals surface area contributed by atoms with Crippen molar-refractivity contribution in [3.05, 3.63) is 33.8 Å². The zero-order valence-electron chi connectivity index (χ0n) is 10.8. The molecule has 0 bridgehead atoms. The summed E-state index contributed by atoms with van der Waals surface area (Å²) in [6, 6.07) is 7.85. The van der Waals surface area contributed by atoms with Crippen molar-refractivity contribution in [1.82, 2.24) is 4.90 Å². The average Bonchev–Trinajstić information content (AvgIpc) is 2.83. The SMILES string of the molecule is CO[C@H]1C[C@@H](CO)N(Cc2cc(C#N)ccc2Br)C1. The summed E-state index contributed by atoms with van der Waals surface area (Å²) >= 11 is 3.51. The maximum Gasteiger partial charge on any atom is 0.0991 e. The molecule has 5 heteroatoms. The van der Waals surface area contributed by atoms with Crippen molar-refractivity contribution in [2.75, 3.05) is 20.3 Å². The number of hydrogen-bond donors (Lipinski definition) is 1. The fourth-order valence-corrected chi connectivity index (χ4v) is 2.85. The first kappa shape index (κ1) is 14.5. The van der Waals surface area contributed by atoms with E-state index in [1.807, 2.05) is 12.1 Å². The maximum atomic E-state index is 9.44. The fourth-order valence-electron chi connectivity index (χ4n) is 2.48. The Morgan fingerprint density at radius 3 is 3.00 bits per heavy atom. The maximum absolute atomic E-state index is 9.44.